The maximum Gasteiger partial charge on any atom is 0.249 e. The predicted octanol–water partition coefficient (Wildman–Crippen LogP) is 4.56. The molecule has 1 aromatic carbocycles. The van der Waals surface area contributed by atoms with Gasteiger partial charge in [-0.3, -0.25) is 4.98 Å². The van der Waals surface area contributed by atoms with E-state index in [-0.39, 0.29) is 12.4 Å². The molecule has 0 saturated carbocycles. The summed E-state index contributed by atoms with van der Waals surface area (Å²) in [5.74, 6) is 0. The summed E-state index contributed by atoms with van der Waals surface area (Å²) in [6.45, 7) is 4.33. The van der Waals surface area contributed by atoms with Crippen molar-refractivity contribution >= 4 is 38.4 Å². The molecule has 0 bridgehead atoms. The summed E-state index contributed by atoms with van der Waals surface area (Å²) < 4.78 is 29.1. The first kappa shape index (κ1) is 22.4. The molecule has 3 rings (SSSR count). The fourth-order valence-electron chi connectivity index (χ4n) is 2.96. The third-order valence-corrected chi connectivity index (χ3v) is 6.55. The van der Waals surface area contributed by atoms with Crippen molar-refractivity contribution in [2.75, 3.05) is 7.05 Å². The van der Waals surface area contributed by atoms with Gasteiger partial charge in [0.1, 0.15) is 5.25 Å². The maximum absolute atomic E-state index is 13.5. The van der Waals surface area contributed by atoms with Crippen molar-refractivity contribution < 1.29 is 8.42 Å². The second-order valence-corrected chi connectivity index (χ2v) is 8.91. The molecule has 1 N–H and O–H groups in total. The van der Waals surface area contributed by atoms with Gasteiger partial charge in [0.25, 0.3) is 0 Å². The van der Waals surface area contributed by atoms with Crippen molar-refractivity contribution in [2.24, 2.45) is 0 Å². The summed E-state index contributed by atoms with van der Waals surface area (Å²) in [6, 6.07) is 13.1. The van der Waals surface area contributed by atoms with Crippen LogP contribution in [0.3, 0.4) is 0 Å². The van der Waals surface area contributed by atoms with Gasteiger partial charge in [-0.15, -0.1) is 19.0 Å². The van der Waals surface area contributed by atoms with Crippen LogP contribution < -0.4 is 5.32 Å². The van der Waals surface area contributed by atoms with E-state index < -0.39 is 15.3 Å². The van der Waals surface area contributed by atoms with E-state index >= 15 is 0 Å². The van der Waals surface area contributed by atoms with Gasteiger partial charge in [0, 0.05) is 29.6 Å². The topological polar surface area (TPSA) is 64.0 Å². The summed E-state index contributed by atoms with van der Waals surface area (Å²) in [7, 11) is -1.96. The molecule has 0 fully saturated rings. The Labute approximate surface area is 180 Å². The Morgan fingerprint density at radius 3 is 2.57 bits per heavy atom. The highest BCUT2D eigenvalue weighted by Crippen LogP contribution is 2.32. The van der Waals surface area contributed by atoms with E-state index in [1.807, 2.05) is 43.4 Å². The van der Waals surface area contributed by atoms with Crippen LogP contribution in [0.15, 0.2) is 78.2 Å². The Morgan fingerprint density at radius 2 is 1.96 bits per heavy atom. The summed E-state index contributed by atoms with van der Waals surface area (Å²) in [4.78, 5) is 4.10. The average molecular weight is 483 g/mol. The van der Waals surface area contributed by atoms with Crippen LogP contribution in [0.1, 0.15) is 16.4 Å². The molecule has 0 radical (unpaired) electrons. The van der Waals surface area contributed by atoms with Gasteiger partial charge in [-0.25, -0.2) is 12.4 Å². The lowest BCUT2D eigenvalue weighted by Crippen LogP contribution is -2.20. The van der Waals surface area contributed by atoms with Crippen LogP contribution in [-0.4, -0.2) is 24.4 Å². The smallest absolute Gasteiger partial charge is 0.249 e. The normalized spacial score (nSPS) is 12.2. The van der Waals surface area contributed by atoms with Gasteiger partial charge in [0.15, 0.2) is 0 Å². The SMILES string of the molecule is C=CC(c1cncc(Br)c1)S(=O)(=O)n1cc(CNC)cc1-c1ccccc1.Cl. The zero-order valence-corrected chi connectivity index (χ0v) is 18.5. The minimum atomic E-state index is -3.79. The minimum Gasteiger partial charge on any atom is -0.316 e. The summed E-state index contributed by atoms with van der Waals surface area (Å²) in [5, 5.41) is 2.15. The zero-order valence-electron chi connectivity index (χ0n) is 15.2. The molecule has 2 aromatic heterocycles. The number of aromatic nitrogens is 2. The van der Waals surface area contributed by atoms with Crippen molar-refractivity contribution in [3.05, 3.63) is 89.3 Å². The highest BCUT2D eigenvalue weighted by atomic mass is 79.9. The molecule has 8 heteroatoms. The van der Waals surface area contributed by atoms with Crippen LogP contribution in [0, 0.1) is 0 Å². The van der Waals surface area contributed by atoms with E-state index in [2.05, 4.69) is 32.8 Å². The zero-order chi connectivity index (χ0) is 19.4. The Balaban J connectivity index is 0.00000280. The number of nitrogens with zero attached hydrogens (tertiary/aromatic N) is 2. The lowest BCUT2D eigenvalue weighted by Gasteiger charge is -2.17. The van der Waals surface area contributed by atoms with E-state index in [0.29, 0.717) is 22.3 Å². The highest BCUT2D eigenvalue weighted by molar-refractivity contribution is 9.10. The van der Waals surface area contributed by atoms with Crippen LogP contribution >= 0.6 is 28.3 Å². The number of halogens is 2. The first-order valence-corrected chi connectivity index (χ1v) is 10.7. The van der Waals surface area contributed by atoms with Gasteiger partial charge in [0.2, 0.25) is 10.0 Å². The van der Waals surface area contributed by atoms with Crippen molar-refractivity contribution in [1.82, 2.24) is 14.3 Å². The first-order chi connectivity index (χ1) is 13.0. The third-order valence-electron chi connectivity index (χ3n) is 4.16. The van der Waals surface area contributed by atoms with Crippen molar-refractivity contribution in [3.8, 4) is 11.3 Å². The molecule has 0 spiro atoms. The fraction of sp³-hybridized carbons (Fsp3) is 0.150. The molecule has 1 unspecified atom stereocenters. The van der Waals surface area contributed by atoms with Crippen LogP contribution in [0.2, 0.25) is 0 Å². The van der Waals surface area contributed by atoms with Crippen LogP contribution in [0.5, 0.6) is 0 Å². The monoisotopic (exact) mass is 481 g/mol. The minimum absolute atomic E-state index is 0. The standard InChI is InChI=1S/C20H20BrN3O2S.ClH/c1-3-20(17-10-18(21)13-23-12-17)27(25,26)24-14-15(11-22-2)9-19(24)16-7-5-4-6-8-16;/h3-10,12-14,20,22H,1,11H2,2H3;1H. The summed E-state index contributed by atoms with van der Waals surface area (Å²) >= 11 is 3.35. The van der Waals surface area contributed by atoms with E-state index in [9.17, 15) is 8.42 Å². The molecule has 0 aliphatic heterocycles. The van der Waals surface area contributed by atoms with Crippen LogP contribution in [-0.2, 0) is 16.6 Å². The maximum atomic E-state index is 13.5. The molecule has 3 aromatic rings. The van der Waals surface area contributed by atoms with E-state index in [1.165, 1.54) is 10.0 Å². The summed E-state index contributed by atoms with van der Waals surface area (Å²) in [5.41, 5.74) is 2.90. The molecule has 1 atom stereocenters. The van der Waals surface area contributed by atoms with Gasteiger partial charge < -0.3 is 5.32 Å². The van der Waals surface area contributed by atoms with E-state index in [4.69, 9.17) is 0 Å². The molecular weight excluding hydrogens is 462 g/mol. The number of pyridine rings is 1. The second kappa shape index (κ2) is 9.52. The largest absolute Gasteiger partial charge is 0.316 e. The number of benzene rings is 1. The molecule has 5 nitrogen and oxygen atoms in total. The highest BCUT2D eigenvalue weighted by Gasteiger charge is 2.29. The Morgan fingerprint density at radius 1 is 1.25 bits per heavy atom. The molecule has 148 valence electrons. The third kappa shape index (κ3) is 4.55. The quantitative estimate of drug-likeness (QED) is 0.502. The summed E-state index contributed by atoms with van der Waals surface area (Å²) in [6.07, 6.45) is 6.27. The average Bonchev–Trinajstić information content (AvgIpc) is 3.08. The Hall–Kier alpha value is -1.93. The molecular formula is C20H21BrClN3O2S. The number of hydrogen-bond acceptors (Lipinski definition) is 4. The Bertz CT molecular complexity index is 1050. The van der Waals surface area contributed by atoms with Crippen molar-refractivity contribution in [2.45, 2.75) is 11.8 Å². The molecule has 0 aliphatic rings. The molecule has 2 heterocycles. The van der Waals surface area contributed by atoms with Gasteiger partial charge >= 0.3 is 0 Å². The second-order valence-electron chi connectivity index (χ2n) is 6.06. The van der Waals surface area contributed by atoms with Crippen LogP contribution in [0.4, 0.5) is 0 Å². The lowest BCUT2D eigenvalue weighted by atomic mass is 10.1. The molecule has 28 heavy (non-hydrogen) atoms. The Kier molecular flexibility index (Phi) is 7.60. The van der Waals surface area contributed by atoms with Crippen molar-refractivity contribution in [3.63, 3.8) is 0 Å². The number of rotatable bonds is 7. The number of nitrogens with one attached hydrogen (secondary N) is 1. The van der Waals surface area contributed by atoms with Gasteiger partial charge in [0.05, 0.1) is 5.69 Å². The van der Waals surface area contributed by atoms with E-state index in [1.54, 1.807) is 24.7 Å². The molecule has 0 saturated heterocycles. The van der Waals surface area contributed by atoms with Crippen LogP contribution in [0.25, 0.3) is 11.3 Å². The first-order valence-electron chi connectivity index (χ1n) is 8.36. The van der Waals surface area contributed by atoms with Crippen molar-refractivity contribution in [1.29, 1.82) is 0 Å². The van der Waals surface area contributed by atoms with Gasteiger partial charge in [-0.1, -0.05) is 36.4 Å². The number of hydrogen-bond donors (Lipinski definition) is 1. The van der Waals surface area contributed by atoms with E-state index in [0.717, 1.165) is 11.1 Å². The predicted molar refractivity (Wildman–Crippen MR) is 119 cm³/mol. The van der Waals surface area contributed by atoms with Gasteiger partial charge in [-0.2, -0.15) is 0 Å². The molecule has 0 amide bonds. The fourth-order valence-corrected chi connectivity index (χ4v) is 5.02. The lowest BCUT2D eigenvalue weighted by molar-refractivity contribution is 0.581. The van der Waals surface area contributed by atoms with Gasteiger partial charge in [-0.05, 0) is 51.8 Å². The molecule has 0 aliphatic carbocycles.